The number of para-hydroxylation sites is 1. The van der Waals surface area contributed by atoms with Crippen molar-refractivity contribution < 1.29 is 4.79 Å². The Labute approximate surface area is 95.9 Å². The van der Waals surface area contributed by atoms with Crippen LogP contribution >= 0.6 is 0 Å². The molecule has 0 saturated heterocycles. The molecule has 16 heavy (non-hydrogen) atoms. The monoisotopic (exact) mass is 216 g/mol. The fraction of sp³-hybridized carbons (Fsp3) is 0.154. The van der Waals surface area contributed by atoms with Gasteiger partial charge in [-0.05, 0) is 24.6 Å². The SMILES string of the molecule is C1=CN(c2ccccc2)CC1.C=CC(N)=O. The molecule has 0 radical (unpaired) electrons. The lowest BCUT2D eigenvalue weighted by molar-refractivity contribution is -0.113. The van der Waals surface area contributed by atoms with Gasteiger partial charge < -0.3 is 10.6 Å². The van der Waals surface area contributed by atoms with Gasteiger partial charge in [-0.2, -0.15) is 0 Å². The summed E-state index contributed by atoms with van der Waals surface area (Å²) in [7, 11) is 0. The largest absolute Gasteiger partial charge is 0.366 e. The van der Waals surface area contributed by atoms with Gasteiger partial charge in [0.1, 0.15) is 0 Å². The molecular formula is C13H16N2O. The molecule has 1 amide bonds. The fourth-order valence-electron chi connectivity index (χ4n) is 1.32. The smallest absolute Gasteiger partial charge is 0.240 e. The highest BCUT2D eigenvalue weighted by Gasteiger charge is 2.04. The van der Waals surface area contributed by atoms with Crippen molar-refractivity contribution in [2.45, 2.75) is 6.42 Å². The minimum Gasteiger partial charge on any atom is -0.366 e. The topological polar surface area (TPSA) is 46.3 Å². The standard InChI is InChI=1S/C10H11N.C3H5NO/c1-2-6-10(7-3-1)11-8-4-5-9-11;1-2-3(4)5/h1-4,6-8H,5,9H2;2H,1H2,(H2,4,5). The van der Waals surface area contributed by atoms with Crippen molar-refractivity contribution in [2.75, 3.05) is 11.4 Å². The van der Waals surface area contributed by atoms with Crippen LogP contribution < -0.4 is 10.6 Å². The third kappa shape index (κ3) is 4.00. The quantitative estimate of drug-likeness (QED) is 0.769. The number of anilines is 1. The van der Waals surface area contributed by atoms with E-state index in [-0.39, 0.29) is 0 Å². The number of rotatable bonds is 2. The highest BCUT2D eigenvalue weighted by atomic mass is 16.1. The summed E-state index contributed by atoms with van der Waals surface area (Å²) in [5, 5.41) is 0. The van der Waals surface area contributed by atoms with Crippen LogP contribution in [0.4, 0.5) is 5.69 Å². The Morgan fingerprint density at radius 2 is 2.00 bits per heavy atom. The van der Waals surface area contributed by atoms with Gasteiger partial charge in [0.25, 0.3) is 0 Å². The summed E-state index contributed by atoms with van der Waals surface area (Å²) in [6.07, 6.45) is 6.58. The predicted octanol–water partition coefficient (Wildman–Crippen LogP) is 2.07. The number of primary amides is 1. The van der Waals surface area contributed by atoms with Gasteiger partial charge in [0.2, 0.25) is 5.91 Å². The van der Waals surface area contributed by atoms with E-state index in [4.69, 9.17) is 0 Å². The van der Waals surface area contributed by atoms with Crippen molar-refractivity contribution in [2.24, 2.45) is 5.73 Å². The second kappa shape index (κ2) is 6.45. The number of hydrogen-bond acceptors (Lipinski definition) is 2. The molecule has 0 atom stereocenters. The molecule has 84 valence electrons. The molecule has 0 bridgehead atoms. The van der Waals surface area contributed by atoms with Gasteiger partial charge >= 0.3 is 0 Å². The second-order valence-electron chi connectivity index (χ2n) is 3.31. The first-order chi connectivity index (χ1) is 7.74. The summed E-state index contributed by atoms with van der Waals surface area (Å²) >= 11 is 0. The second-order valence-corrected chi connectivity index (χ2v) is 3.31. The zero-order chi connectivity index (χ0) is 11.8. The molecule has 0 fully saturated rings. The summed E-state index contributed by atoms with van der Waals surface area (Å²) in [6.45, 7) is 4.21. The van der Waals surface area contributed by atoms with Gasteiger partial charge in [-0.3, -0.25) is 4.79 Å². The minimum atomic E-state index is -0.481. The first-order valence-electron chi connectivity index (χ1n) is 5.14. The third-order valence-electron chi connectivity index (χ3n) is 2.11. The molecule has 1 heterocycles. The average Bonchev–Trinajstić information content (AvgIpc) is 2.84. The summed E-state index contributed by atoms with van der Waals surface area (Å²) in [6, 6.07) is 10.5. The number of nitrogens with zero attached hydrogens (tertiary/aromatic N) is 1. The molecule has 0 saturated carbocycles. The van der Waals surface area contributed by atoms with E-state index >= 15 is 0 Å². The Morgan fingerprint density at radius 1 is 1.38 bits per heavy atom. The summed E-state index contributed by atoms with van der Waals surface area (Å²) in [5.74, 6) is -0.481. The van der Waals surface area contributed by atoms with Crippen LogP contribution in [0.2, 0.25) is 0 Å². The summed E-state index contributed by atoms with van der Waals surface area (Å²) in [4.78, 5) is 11.7. The van der Waals surface area contributed by atoms with Crippen LogP contribution in [0.25, 0.3) is 0 Å². The van der Waals surface area contributed by atoms with Crippen LogP contribution in [0.3, 0.4) is 0 Å². The zero-order valence-electron chi connectivity index (χ0n) is 9.17. The van der Waals surface area contributed by atoms with Crippen molar-refractivity contribution in [1.29, 1.82) is 0 Å². The van der Waals surface area contributed by atoms with Crippen LogP contribution in [0.5, 0.6) is 0 Å². The lowest BCUT2D eigenvalue weighted by Gasteiger charge is -2.14. The van der Waals surface area contributed by atoms with Gasteiger partial charge in [-0.1, -0.05) is 30.9 Å². The Kier molecular flexibility index (Phi) is 4.86. The van der Waals surface area contributed by atoms with Crippen molar-refractivity contribution in [1.82, 2.24) is 0 Å². The Balaban J connectivity index is 0.000000221. The summed E-state index contributed by atoms with van der Waals surface area (Å²) < 4.78 is 0. The van der Waals surface area contributed by atoms with E-state index in [1.807, 2.05) is 6.07 Å². The number of carbonyl (C=O) groups is 1. The Morgan fingerprint density at radius 3 is 2.44 bits per heavy atom. The van der Waals surface area contributed by atoms with E-state index in [0.717, 1.165) is 12.6 Å². The van der Waals surface area contributed by atoms with E-state index in [1.165, 1.54) is 12.1 Å². The maximum absolute atomic E-state index is 9.47. The average molecular weight is 216 g/mol. The number of nitrogens with two attached hydrogens (primary N) is 1. The molecule has 1 aliphatic rings. The van der Waals surface area contributed by atoms with E-state index in [1.54, 1.807) is 0 Å². The van der Waals surface area contributed by atoms with Crippen LogP contribution in [-0.2, 0) is 4.79 Å². The molecule has 1 aliphatic heterocycles. The maximum Gasteiger partial charge on any atom is 0.240 e. The molecule has 0 unspecified atom stereocenters. The molecule has 3 heteroatoms. The number of hydrogen-bond donors (Lipinski definition) is 1. The van der Waals surface area contributed by atoms with Gasteiger partial charge in [0.15, 0.2) is 0 Å². The molecule has 0 spiro atoms. The normalized spacial score (nSPS) is 12.9. The molecule has 3 nitrogen and oxygen atoms in total. The number of amides is 1. The van der Waals surface area contributed by atoms with Crippen LogP contribution in [0.15, 0.2) is 55.3 Å². The van der Waals surface area contributed by atoms with E-state index in [0.29, 0.717) is 0 Å². The van der Waals surface area contributed by atoms with E-state index < -0.39 is 5.91 Å². The molecule has 1 aromatic rings. The fourth-order valence-corrected chi connectivity index (χ4v) is 1.32. The van der Waals surface area contributed by atoms with Crippen LogP contribution in [0, 0.1) is 0 Å². The number of carbonyl (C=O) groups excluding carboxylic acids is 1. The van der Waals surface area contributed by atoms with Crippen LogP contribution in [0.1, 0.15) is 6.42 Å². The molecule has 0 aliphatic carbocycles. The summed E-state index contributed by atoms with van der Waals surface area (Å²) in [5.41, 5.74) is 5.83. The highest BCUT2D eigenvalue weighted by molar-refractivity contribution is 5.84. The van der Waals surface area contributed by atoms with Gasteiger partial charge in [0.05, 0.1) is 0 Å². The molecular weight excluding hydrogens is 200 g/mol. The third-order valence-corrected chi connectivity index (χ3v) is 2.11. The highest BCUT2D eigenvalue weighted by Crippen LogP contribution is 2.17. The zero-order valence-corrected chi connectivity index (χ0v) is 9.17. The van der Waals surface area contributed by atoms with E-state index in [2.05, 4.69) is 53.8 Å². The first kappa shape index (κ1) is 12.0. The van der Waals surface area contributed by atoms with Crippen molar-refractivity contribution in [3.05, 3.63) is 55.3 Å². The Hall–Kier alpha value is -2.03. The molecule has 2 N–H and O–H groups in total. The lowest BCUT2D eigenvalue weighted by Crippen LogP contribution is -2.11. The number of benzene rings is 1. The lowest BCUT2D eigenvalue weighted by atomic mass is 10.3. The predicted molar refractivity (Wildman–Crippen MR) is 66.9 cm³/mol. The van der Waals surface area contributed by atoms with Gasteiger partial charge in [-0.25, -0.2) is 0 Å². The van der Waals surface area contributed by atoms with E-state index in [9.17, 15) is 4.79 Å². The van der Waals surface area contributed by atoms with Gasteiger partial charge in [0, 0.05) is 18.4 Å². The van der Waals surface area contributed by atoms with Gasteiger partial charge in [-0.15, -0.1) is 0 Å². The minimum absolute atomic E-state index is 0.481. The Bertz CT molecular complexity index is 371. The molecule has 0 aromatic heterocycles. The van der Waals surface area contributed by atoms with Crippen molar-refractivity contribution in [3.8, 4) is 0 Å². The molecule has 2 rings (SSSR count). The van der Waals surface area contributed by atoms with Crippen molar-refractivity contribution >= 4 is 11.6 Å². The molecule has 1 aromatic carbocycles. The van der Waals surface area contributed by atoms with Crippen LogP contribution in [-0.4, -0.2) is 12.5 Å². The maximum atomic E-state index is 9.47. The first-order valence-corrected chi connectivity index (χ1v) is 5.14. The van der Waals surface area contributed by atoms with Crippen molar-refractivity contribution in [3.63, 3.8) is 0 Å².